The molecule has 0 heterocycles. The smallest absolute Gasteiger partial charge is 0.169 e. The molecule has 1 rings (SSSR count). The van der Waals surface area contributed by atoms with Crippen LogP contribution in [0, 0.1) is 5.82 Å². The van der Waals surface area contributed by atoms with Crippen LogP contribution in [-0.2, 0) is 6.54 Å². The lowest BCUT2D eigenvalue weighted by molar-refractivity contribution is 0.480. The fourth-order valence-corrected chi connectivity index (χ4v) is 1.59. The highest BCUT2D eigenvalue weighted by atomic mass is 32.1. The average Bonchev–Trinajstić information content (AvgIpc) is 2.20. The second-order valence-electron chi connectivity index (χ2n) is 4.09. The topological polar surface area (TPSA) is 15.3 Å². The molecule has 0 fully saturated rings. The minimum absolute atomic E-state index is 0.214. The normalized spacial score (nSPS) is 10.3. The summed E-state index contributed by atoms with van der Waals surface area (Å²) in [6.07, 6.45) is 0. The maximum absolute atomic E-state index is 12.7. The average molecular weight is 240 g/mol. The van der Waals surface area contributed by atoms with E-state index in [-0.39, 0.29) is 5.82 Å². The Balaban J connectivity index is 2.53. The number of hydrogen-bond acceptors (Lipinski definition) is 1. The van der Waals surface area contributed by atoms with E-state index in [1.54, 1.807) is 12.1 Å². The van der Waals surface area contributed by atoms with Crippen LogP contribution in [-0.4, -0.2) is 23.1 Å². The van der Waals surface area contributed by atoms with Gasteiger partial charge >= 0.3 is 0 Å². The summed E-state index contributed by atoms with van der Waals surface area (Å²) in [5, 5.41) is 3.87. The molecule has 0 aliphatic heterocycles. The minimum Gasteiger partial charge on any atom is -0.360 e. The molecule has 0 spiro atoms. The van der Waals surface area contributed by atoms with Crippen molar-refractivity contribution < 1.29 is 4.39 Å². The van der Waals surface area contributed by atoms with Gasteiger partial charge in [-0.25, -0.2) is 4.39 Å². The van der Waals surface area contributed by atoms with Gasteiger partial charge in [0.25, 0.3) is 0 Å². The number of hydrogen-bond donors (Lipinski definition) is 1. The molecule has 1 aromatic rings. The molecule has 2 nitrogen and oxygen atoms in total. The molecule has 0 aromatic heterocycles. The van der Waals surface area contributed by atoms with E-state index in [0.717, 1.165) is 5.56 Å². The first-order valence-electron chi connectivity index (χ1n) is 5.25. The van der Waals surface area contributed by atoms with E-state index in [0.29, 0.717) is 17.7 Å². The Kier molecular flexibility index (Phi) is 4.68. The molecule has 0 amide bonds. The minimum atomic E-state index is -0.214. The van der Waals surface area contributed by atoms with Crippen LogP contribution in [0.3, 0.4) is 0 Å². The summed E-state index contributed by atoms with van der Waals surface area (Å²) >= 11 is 5.22. The fourth-order valence-electron chi connectivity index (χ4n) is 1.29. The van der Waals surface area contributed by atoms with Gasteiger partial charge in [0.15, 0.2) is 5.11 Å². The SMILES string of the molecule is CC(C)NC(=S)N(C)Cc1ccc(F)cc1. The van der Waals surface area contributed by atoms with Gasteiger partial charge in [-0.1, -0.05) is 12.1 Å². The van der Waals surface area contributed by atoms with Gasteiger partial charge in [0.05, 0.1) is 0 Å². The predicted octanol–water partition coefficient (Wildman–Crippen LogP) is 2.54. The van der Waals surface area contributed by atoms with Gasteiger partial charge in [-0.15, -0.1) is 0 Å². The van der Waals surface area contributed by atoms with E-state index < -0.39 is 0 Å². The van der Waals surface area contributed by atoms with Crippen molar-refractivity contribution in [1.29, 1.82) is 0 Å². The Morgan fingerprint density at radius 3 is 2.44 bits per heavy atom. The second-order valence-corrected chi connectivity index (χ2v) is 4.47. The Labute approximate surface area is 101 Å². The zero-order valence-electron chi connectivity index (χ0n) is 9.83. The zero-order valence-corrected chi connectivity index (χ0v) is 10.6. The molecule has 88 valence electrons. The van der Waals surface area contributed by atoms with Gasteiger partial charge in [0, 0.05) is 19.6 Å². The molecule has 0 atom stereocenters. The van der Waals surface area contributed by atoms with Crippen molar-refractivity contribution in [2.24, 2.45) is 0 Å². The molecular weight excluding hydrogens is 223 g/mol. The number of benzene rings is 1. The lowest BCUT2D eigenvalue weighted by atomic mass is 10.2. The van der Waals surface area contributed by atoms with Gasteiger partial charge in [-0.3, -0.25) is 0 Å². The molecule has 0 radical (unpaired) electrons. The summed E-state index contributed by atoms with van der Waals surface area (Å²) in [5.74, 6) is -0.214. The van der Waals surface area contributed by atoms with Gasteiger partial charge in [-0.05, 0) is 43.8 Å². The van der Waals surface area contributed by atoms with Crippen molar-refractivity contribution in [3.8, 4) is 0 Å². The number of rotatable bonds is 3. The molecule has 1 aromatic carbocycles. The summed E-state index contributed by atoms with van der Waals surface area (Å²) in [6.45, 7) is 4.76. The monoisotopic (exact) mass is 240 g/mol. The molecule has 0 saturated heterocycles. The number of nitrogens with zero attached hydrogens (tertiary/aromatic N) is 1. The zero-order chi connectivity index (χ0) is 12.1. The van der Waals surface area contributed by atoms with Crippen LogP contribution >= 0.6 is 12.2 Å². The van der Waals surface area contributed by atoms with Crippen molar-refractivity contribution in [3.05, 3.63) is 35.6 Å². The molecular formula is C12H17FN2S. The van der Waals surface area contributed by atoms with E-state index in [9.17, 15) is 4.39 Å². The quantitative estimate of drug-likeness (QED) is 0.817. The summed E-state index contributed by atoms with van der Waals surface area (Å²) in [4.78, 5) is 1.93. The molecule has 0 aliphatic carbocycles. The summed E-state index contributed by atoms with van der Waals surface area (Å²) in [5.41, 5.74) is 1.04. The maximum atomic E-state index is 12.7. The first-order chi connectivity index (χ1) is 7.49. The highest BCUT2D eigenvalue weighted by Crippen LogP contribution is 2.05. The Morgan fingerprint density at radius 1 is 1.38 bits per heavy atom. The van der Waals surface area contributed by atoms with Gasteiger partial charge in [0.2, 0.25) is 0 Å². The highest BCUT2D eigenvalue weighted by Gasteiger charge is 2.05. The first kappa shape index (κ1) is 12.9. The van der Waals surface area contributed by atoms with E-state index in [1.807, 2.05) is 25.8 Å². The molecule has 16 heavy (non-hydrogen) atoms. The van der Waals surface area contributed by atoms with E-state index >= 15 is 0 Å². The van der Waals surface area contributed by atoms with Crippen LogP contribution in [0.2, 0.25) is 0 Å². The number of thiocarbonyl (C=S) groups is 1. The third kappa shape index (κ3) is 4.14. The summed E-state index contributed by atoms with van der Waals surface area (Å²) in [6, 6.07) is 6.78. The van der Waals surface area contributed by atoms with E-state index in [1.165, 1.54) is 12.1 Å². The highest BCUT2D eigenvalue weighted by molar-refractivity contribution is 7.80. The van der Waals surface area contributed by atoms with E-state index in [2.05, 4.69) is 5.32 Å². The largest absolute Gasteiger partial charge is 0.360 e. The Morgan fingerprint density at radius 2 is 1.94 bits per heavy atom. The van der Waals surface area contributed by atoms with Gasteiger partial charge in [0.1, 0.15) is 5.82 Å². The van der Waals surface area contributed by atoms with Crippen molar-refractivity contribution >= 4 is 17.3 Å². The van der Waals surface area contributed by atoms with Crippen molar-refractivity contribution in [2.75, 3.05) is 7.05 Å². The Bertz CT molecular complexity index is 349. The molecule has 0 unspecified atom stereocenters. The van der Waals surface area contributed by atoms with Crippen molar-refractivity contribution in [3.63, 3.8) is 0 Å². The lowest BCUT2D eigenvalue weighted by Gasteiger charge is -2.22. The molecule has 0 bridgehead atoms. The van der Waals surface area contributed by atoms with Gasteiger partial charge in [-0.2, -0.15) is 0 Å². The summed E-state index contributed by atoms with van der Waals surface area (Å²) in [7, 11) is 1.92. The van der Waals surface area contributed by atoms with Crippen molar-refractivity contribution in [1.82, 2.24) is 10.2 Å². The first-order valence-corrected chi connectivity index (χ1v) is 5.66. The third-order valence-corrected chi connectivity index (χ3v) is 2.52. The van der Waals surface area contributed by atoms with E-state index in [4.69, 9.17) is 12.2 Å². The van der Waals surface area contributed by atoms with Crippen LogP contribution in [0.15, 0.2) is 24.3 Å². The number of halogens is 1. The third-order valence-electron chi connectivity index (χ3n) is 2.09. The van der Waals surface area contributed by atoms with Crippen LogP contribution < -0.4 is 5.32 Å². The van der Waals surface area contributed by atoms with Gasteiger partial charge < -0.3 is 10.2 Å². The Hall–Kier alpha value is -1.16. The fraction of sp³-hybridized carbons (Fsp3) is 0.417. The van der Waals surface area contributed by atoms with Crippen molar-refractivity contribution in [2.45, 2.75) is 26.4 Å². The standard InChI is InChI=1S/C12H17FN2S/c1-9(2)14-12(16)15(3)8-10-4-6-11(13)7-5-10/h4-7,9H,8H2,1-3H3,(H,14,16). The molecule has 1 N–H and O–H groups in total. The van der Waals surface area contributed by atoms with Crippen LogP contribution in [0.25, 0.3) is 0 Å². The molecule has 0 saturated carbocycles. The van der Waals surface area contributed by atoms with Crippen LogP contribution in [0.5, 0.6) is 0 Å². The lowest BCUT2D eigenvalue weighted by Crippen LogP contribution is -2.40. The number of nitrogens with one attached hydrogen (secondary N) is 1. The van der Waals surface area contributed by atoms with Crippen LogP contribution in [0.1, 0.15) is 19.4 Å². The molecule has 0 aliphatic rings. The molecule has 4 heteroatoms. The maximum Gasteiger partial charge on any atom is 0.169 e. The van der Waals surface area contributed by atoms with Crippen LogP contribution in [0.4, 0.5) is 4.39 Å². The summed E-state index contributed by atoms with van der Waals surface area (Å²) < 4.78 is 12.7. The predicted molar refractivity (Wildman–Crippen MR) is 68.7 cm³/mol. The second kappa shape index (κ2) is 5.80.